The van der Waals surface area contributed by atoms with Gasteiger partial charge in [0, 0.05) is 6.54 Å². The average molecular weight is 467 g/mol. The fraction of sp³-hybridized carbons (Fsp3) is 0.368. The Morgan fingerprint density at radius 1 is 1.22 bits per heavy atom. The highest BCUT2D eigenvalue weighted by Crippen LogP contribution is 2.31. The van der Waals surface area contributed by atoms with Crippen molar-refractivity contribution in [1.29, 1.82) is 0 Å². The van der Waals surface area contributed by atoms with Gasteiger partial charge in [-0.05, 0) is 25.0 Å². The van der Waals surface area contributed by atoms with E-state index in [4.69, 9.17) is 0 Å². The standard InChI is InChI=1S/C19H20F3N7O2S/c1-2-7-32(30,31)28-13-4-3-12(21)16(15(13)22)26-18-17-14(24-10-25-18)8-23-19(27-17)29-6-5-11(20)9-29/h3-4,8,10-11,28H,2,5-7,9H2,1H3,(H,24,25,26). The SMILES string of the molecule is CCCS(=O)(=O)Nc1ccc(F)c(Nc2ncnc3cnc(N4CCC(F)C4)nc23)c1F. The first-order chi connectivity index (χ1) is 15.3. The number of anilines is 4. The molecule has 3 heterocycles. The van der Waals surface area contributed by atoms with Crippen LogP contribution in [0.15, 0.2) is 24.7 Å². The van der Waals surface area contributed by atoms with Crippen LogP contribution in [0.3, 0.4) is 0 Å². The molecule has 1 aliphatic heterocycles. The molecule has 13 heteroatoms. The number of nitrogens with zero attached hydrogens (tertiary/aromatic N) is 5. The number of sulfonamides is 1. The molecule has 170 valence electrons. The van der Waals surface area contributed by atoms with Crippen molar-refractivity contribution in [3.05, 3.63) is 36.3 Å². The molecule has 0 bridgehead atoms. The highest BCUT2D eigenvalue weighted by molar-refractivity contribution is 7.92. The van der Waals surface area contributed by atoms with Gasteiger partial charge in [0.1, 0.15) is 35.0 Å². The van der Waals surface area contributed by atoms with E-state index in [1.165, 1.54) is 12.5 Å². The van der Waals surface area contributed by atoms with Crippen LogP contribution in [-0.4, -0.2) is 53.4 Å². The summed E-state index contributed by atoms with van der Waals surface area (Å²) in [4.78, 5) is 18.3. The molecule has 1 atom stereocenters. The van der Waals surface area contributed by atoms with Gasteiger partial charge < -0.3 is 10.2 Å². The summed E-state index contributed by atoms with van der Waals surface area (Å²) >= 11 is 0. The van der Waals surface area contributed by atoms with Crippen LogP contribution in [0.5, 0.6) is 0 Å². The van der Waals surface area contributed by atoms with Gasteiger partial charge in [-0.25, -0.2) is 41.5 Å². The number of rotatable bonds is 7. The van der Waals surface area contributed by atoms with Gasteiger partial charge in [0.25, 0.3) is 0 Å². The van der Waals surface area contributed by atoms with E-state index in [1.807, 2.05) is 0 Å². The van der Waals surface area contributed by atoms with Crippen molar-refractivity contribution >= 4 is 44.2 Å². The van der Waals surface area contributed by atoms with E-state index in [2.05, 4.69) is 30.0 Å². The van der Waals surface area contributed by atoms with Crippen LogP contribution in [0.4, 0.5) is 36.3 Å². The molecule has 2 N–H and O–H groups in total. The van der Waals surface area contributed by atoms with Crippen LogP contribution in [-0.2, 0) is 10.0 Å². The number of aromatic nitrogens is 4. The van der Waals surface area contributed by atoms with Gasteiger partial charge in [0.15, 0.2) is 11.6 Å². The van der Waals surface area contributed by atoms with Crippen molar-refractivity contribution in [1.82, 2.24) is 19.9 Å². The van der Waals surface area contributed by atoms with Gasteiger partial charge in [0.05, 0.1) is 24.2 Å². The molecule has 2 aromatic heterocycles. The van der Waals surface area contributed by atoms with Crippen LogP contribution >= 0.6 is 0 Å². The number of halogens is 3. The third-order valence-corrected chi connectivity index (χ3v) is 6.33. The Bertz CT molecular complexity index is 1260. The quantitative estimate of drug-likeness (QED) is 0.545. The average Bonchev–Trinajstić information content (AvgIpc) is 3.19. The second-order valence-electron chi connectivity index (χ2n) is 7.29. The molecule has 0 radical (unpaired) electrons. The monoisotopic (exact) mass is 467 g/mol. The normalized spacial score (nSPS) is 16.5. The van der Waals surface area contributed by atoms with E-state index in [9.17, 15) is 17.2 Å². The Morgan fingerprint density at radius 3 is 2.75 bits per heavy atom. The summed E-state index contributed by atoms with van der Waals surface area (Å²) in [5.74, 6) is -2.06. The van der Waals surface area contributed by atoms with E-state index >= 15 is 4.39 Å². The van der Waals surface area contributed by atoms with Gasteiger partial charge in [0.2, 0.25) is 16.0 Å². The van der Waals surface area contributed by atoms with Gasteiger partial charge in [-0.3, -0.25) is 4.72 Å². The topological polar surface area (TPSA) is 113 Å². The van der Waals surface area contributed by atoms with Gasteiger partial charge in [-0.15, -0.1) is 0 Å². The minimum absolute atomic E-state index is 0.0130. The molecule has 1 aromatic carbocycles. The predicted molar refractivity (Wildman–Crippen MR) is 114 cm³/mol. The summed E-state index contributed by atoms with van der Waals surface area (Å²) in [6.45, 7) is 2.25. The van der Waals surface area contributed by atoms with Crippen LogP contribution in [0.1, 0.15) is 19.8 Å². The van der Waals surface area contributed by atoms with Crippen LogP contribution in [0.25, 0.3) is 11.0 Å². The summed E-state index contributed by atoms with van der Waals surface area (Å²) < 4.78 is 69.2. The first-order valence-corrected chi connectivity index (χ1v) is 11.5. The van der Waals surface area contributed by atoms with Crippen LogP contribution in [0, 0.1) is 11.6 Å². The first-order valence-electron chi connectivity index (χ1n) is 9.89. The number of nitrogens with one attached hydrogen (secondary N) is 2. The maximum absolute atomic E-state index is 15.0. The minimum atomic E-state index is -3.79. The highest BCUT2D eigenvalue weighted by atomic mass is 32.2. The van der Waals surface area contributed by atoms with Crippen molar-refractivity contribution in [3.63, 3.8) is 0 Å². The largest absolute Gasteiger partial charge is 0.338 e. The summed E-state index contributed by atoms with van der Waals surface area (Å²) in [6, 6.07) is 1.94. The fourth-order valence-corrected chi connectivity index (χ4v) is 4.47. The summed E-state index contributed by atoms with van der Waals surface area (Å²) in [6.07, 6.45) is 2.29. The predicted octanol–water partition coefficient (Wildman–Crippen LogP) is 3.14. The van der Waals surface area contributed by atoms with E-state index in [0.717, 1.165) is 12.1 Å². The van der Waals surface area contributed by atoms with E-state index < -0.39 is 39.2 Å². The molecular weight excluding hydrogens is 447 g/mol. The Hall–Kier alpha value is -3.22. The Balaban J connectivity index is 1.71. The molecule has 1 unspecified atom stereocenters. The zero-order chi connectivity index (χ0) is 22.9. The highest BCUT2D eigenvalue weighted by Gasteiger charge is 2.25. The Labute approximate surface area is 182 Å². The first kappa shape index (κ1) is 22.0. The third-order valence-electron chi connectivity index (χ3n) is 4.85. The van der Waals surface area contributed by atoms with Gasteiger partial charge in [-0.1, -0.05) is 6.92 Å². The van der Waals surface area contributed by atoms with Crippen molar-refractivity contribution in [2.24, 2.45) is 0 Å². The zero-order valence-electron chi connectivity index (χ0n) is 17.0. The van der Waals surface area contributed by atoms with Gasteiger partial charge in [-0.2, -0.15) is 0 Å². The second kappa shape index (κ2) is 8.73. The smallest absolute Gasteiger partial charge is 0.232 e. The number of fused-ring (bicyclic) bond motifs is 1. The Kier molecular flexibility index (Phi) is 6.00. The molecule has 0 spiro atoms. The van der Waals surface area contributed by atoms with Crippen molar-refractivity contribution in [3.8, 4) is 0 Å². The van der Waals surface area contributed by atoms with Crippen molar-refractivity contribution in [2.45, 2.75) is 25.9 Å². The molecule has 0 amide bonds. The lowest BCUT2D eigenvalue weighted by Crippen LogP contribution is -2.22. The maximum atomic E-state index is 15.0. The van der Waals surface area contributed by atoms with E-state index in [-0.39, 0.29) is 29.6 Å². The third kappa shape index (κ3) is 4.52. The molecule has 1 aliphatic rings. The van der Waals surface area contributed by atoms with Crippen molar-refractivity contribution in [2.75, 3.05) is 33.8 Å². The lowest BCUT2D eigenvalue weighted by molar-refractivity contribution is 0.364. The van der Waals surface area contributed by atoms with Crippen molar-refractivity contribution < 1.29 is 21.6 Å². The Morgan fingerprint density at radius 2 is 2.03 bits per heavy atom. The molecule has 32 heavy (non-hydrogen) atoms. The molecule has 4 rings (SSSR count). The number of hydrogen-bond acceptors (Lipinski definition) is 8. The molecule has 9 nitrogen and oxygen atoms in total. The summed E-state index contributed by atoms with van der Waals surface area (Å²) in [5, 5.41) is 2.55. The maximum Gasteiger partial charge on any atom is 0.232 e. The second-order valence-corrected chi connectivity index (χ2v) is 9.13. The fourth-order valence-electron chi connectivity index (χ4n) is 3.34. The van der Waals surface area contributed by atoms with Crippen LogP contribution in [0.2, 0.25) is 0 Å². The summed E-state index contributed by atoms with van der Waals surface area (Å²) in [5.41, 5.74) is -0.521. The lowest BCUT2D eigenvalue weighted by atomic mass is 10.2. The molecule has 1 fully saturated rings. The summed E-state index contributed by atoms with van der Waals surface area (Å²) in [7, 11) is -3.79. The lowest BCUT2D eigenvalue weighted by Gasteiger charge is -2.16. The molecular formula is C19H20F3N7O2S. The zero-order valence-corrected chi connectivity index (χ0v) is 17.8. The molecule has 0 saturated carbocycles. The molecule has 1 saturated heterocycles. The number of alkyl halides is 1. The minimum Gasteiger partial charge on any atom is -0.338 e. The van der Waals surface area contributed by atoms with E-state index in [1.54, 1.807) is 11.8 Å². The molecule has 3 aromatic rings. The number of benzene rings is 1. The van der Waals surface area contributed by atoms with E-state index in [0.29, 0.717) is 24.9 Å². The van der Waals surface area contributed by atoms with Crippen LogP contribution < -0.4 is 14.9 Å². The van der Waals surface area contributed by atoms with Gasteiger partial charge >= 0.3 is 0 Å². The number of hydrogen-bond donors (Lipinski definition) is 2. The molecule has 0 aliphatic carbocycles.